The number of para-hydroxylation sites is 1. The van der Waals surface area contributed by atoms with E-state index in [-0.39, 0.29) is 16.8 Å². The van der Waals surface area contributed by atoms with Gasteiger partial charge in [-0.05, 0) is 37.3 Å². The average molecular weight is 353 g/mol. The van der Waals surface area contributed by atoms with Gasteiger partial charge in [0.2, 0.25) is 0 Å². The fraction of sp³-hybridized carbons (Fsp3) is 0.591. The lowest BCUT2D eigenvalue weighted by Gasteiger charge is -2.57. The van der Waals surface area contributed by atoms with Gasteiger partial charge in [-0.1, -0.05) is 25.1 Å². The molecule has 4 aliphatic rings. The Bertz CT molecular complexity index is 831. The Hall–Kier alpha value is -1.81. The Morgan fingerprint density at radius 3 is 2.88 bits per heavy atom. The van der Waals surface area contributed by atoms with Crippen LogP contribution in [0, 0.1) is 5.41 Å². The van der Waals surface area contributed by atoms with Crippen LogP contribution in [0.3, 0.4) is 0 Å². The van der Waals surface area contributed by atoms with Crippen molar-refractivity contribution in [2.75, 3.05) is 32.6 Å². The van der Waals surface area contributed by atoms with Crippen LogP contribution in [0.1, 0.15) is 44.6 Å². The summed E-state index contributed by atoms with van der Waals surface area (Å²) in [5.41, 5.74) is 4.79. The number of hydrogen-bond acceptors (Lipinski definition) is 3. The fourth-order valence-electron chi connectivity index (χ4n) is 7.25. The van der Waals surface area contributed by atoms with Gasteiger partial charge >= 0.3 is 5.97 Å². The number of esters is 1. The van der Waals surface area contributed by atoms with Crippen LogP contribution < -0.4 is 5.32 Å². The number of nitrogens with one attached hydrogen (secondary N) is 1. The molecule has 0 aromatic heterocycles. The zero-order valence-electron chi connectivity index (χ0n) is 16.1. The minimum absolute atomic E-state index is 0.0520. The normalized spacial score (nSPS) is 39.7. The van der Waals surface area contributed by atoms with Gasteiger partial charge in [0.1, 0.15) is 6.04 Å². The standard InChI is InChI=1S/C22H28N2O2/c1-4-21-10-7-12-24(2)13-11-22(20(21)24)16-8-5-6-9-17(16)23-18(22)15(14-21)19(25)26-3/h5-6,8-9,20H,4,7,10-14H2,1-3H3/p+1. The summed E-state index contributed by atoms with van der Waals surface area (Å²) in [6.07, 6.45) is 5.58. The number of piperidine rings is 1. The maximum atomic E-state index is 12.8. The van der Waals surface area contributed by atoms with E-state index in [4.69, 9.17) is 4.74 Å². The molecule has 1 spiro atoms. The number of rotatable bonds is 2. The molecule has 4 unspecified atom stereocenters. The fourth-order valence-corrected chi connectivity index (χ4v) is 7.25. The van der Waals surface area contributed by atoms with Crippen molar-refractivity contribution in [1.82, 2.24) is 0 Å². The van der Waals surface area contributed by atoms with E-state index in [0.717, 1.165) is 35.0 Å². The van der Waals surface area contributed by atoms with E-state index in [0.29, 0.717) is 6.04 Å². The van der Waals surface area contributed by atoms with Crippen LogP contribution in [0.2, 0.25) is 0 Å². The number of fused-ring (bicyclic) bond motifs is 1. The number of methoxy groups -OCH3 is 1. The highest BCUT2D eigenvalue weighted by atomic mass is 16.5. The molecular weight excluding hydrogens is 324 g/mol. The van der Waals surface area contributed by atoms with Crippen LogP contribution in [0.15, 0.2) is 35.5 Å². The smallest absolute Gasteiger partial charge is 0.335 e. The lowest BCUT2D eigenvalue weighted by atomic mass is 9.53. The first kappa shape index (κ1) is 16.4. The third-order valence-corrected chi connectivity index (χ3v) is 8.11. The summed E-state index contributed by atoms with van der Waals surface area (Å²) < 4.78 is 6.41. The molecule has 0 amide bonds. The van der Waals surface area contributed by atoms with Gasteiger partial charge in [-0.3, -0.25) is 0 Å². The second kappa shape index (κ2) is 5.13. The first-order valence-electron chi connectivity index (χ1n) is 10.0. The lowest BCUT2D eigenvalue weighted by molar-refractivity contribution is -0.936. The summed E-state index contributed by atoms with van der Waals surface area (Å²) in [6.45, 7) is 4.79. The van der Waals surface area contributed by atoms with Gasteiger partial charge in [0.05, 0.1) is 38.2 Å². The Balaban J connectivity index is 1.84. The van der Waals surface area contributed by atoms with Crippen molar-refractivity contribution in [2.45, 2.75) is 50.5 Å². The van der Waals surface area contributed by atoms with Crippen LogP contribution in [-0.4, -0.2) is 43.7 Å². The van der Waals surface area contributed by atoms with Gasteiger partial charge in [0, 0.05) is 23.2 Å². The molecule has 0 radical (unpaired) electrons. The molecular formula is C22H29N2O2+. The SMILES string of the molecule is CCC12CCC[N+]3(C)CCC4(C(=C(C(=O)OC)C1)Nc1ccccc14)C23. The van der Waals surface area contributed by atoms with Crippen molar-refractivity contribution < 1.29 is 14.0 Å². The summed E-state index contributed by atoms with van der Waals surface area (Å²) in [6, 6.07) is 9.26. The zero-order chi connectivity index (χ0) is 18.2. The second-order valence-corrected chi connectivity index (χ2v) is 9.06. The number of nitrogens with zero attached hydrogens (tertiary/aromatic N) is 1. The molecule has 5 rings (SSSR count). The molecule has 3 heterocycles. The third-order valence-electron chi connectivity index (χ3n) is 8.11. The van der Waals surface area contributed by atoms with Crippen LogP contribution >= 0.6 is 0 Å². The minimum atomic E-state index is -0.141. The number of ether oxygens (including phenoxy) is 1. The predicted molar refractivity (Wildman–Crippen MR) is 102 cm³/mol. The summed E-state index contributed by atoms with van der Waals surface area (Å²) >= 11 is 0. The minimum Gasteiger partial charge on any atom is -0.466 e. The van der Waals surface area contributed by atoms with Crippen molar-refractivity contribution in [1.29, 1.82) is 0 Å². The van der Waals surface area contributed by atoms with E-state index >= 15 is 0 Å². The molecule has 2 fully saturated rings. The maximum absolute atomic E-state index is 12.8. The number of hydrogen-bond donors (Lipinski definition) is 1. The highest BCUT2D eigenvalue weighted by Crippen LogP contribution is 2.66. The molecule has 4 nitrogen and oxygen atoms in total. The monoisotopic (exact) mass is 353 g/mol. The van der Waals surface area contributed by atoms with E-state index < -0.39 is 0 Å². The van der Waals surface area contributed by atoms with Gasteiger partial charge in [0.15, 0.2) is 0 Å². The summed E-state index contributed by atoms with van der Waals surface area (Å²) in [5, 5.41) is 3.68. The second-order valence-electron chi connectivity index (χ2n) is 9.06. The first-order valence-corrected chi connectivity index (χ1v) is 10.0. The molecule has 1 aromatic rings. The number of quaternary nitrogens is 1. The molecule has 0 saturated carbocycles. The first-order chi connectivity index (χ1) is 12.5. The Morgan fingerprint density at radius 2 is 2.12 bits per heavy atom. The number of likely N-dealkylation sites (N-methyl/N-ethyl adjacent to an activating group) is 1. The summed E-state index contributed by atoms with van der Waals surface area (Å²) in [7, 11) is 3.98. The van der Waals surface area contributed by atoms with E-state index in [1.54, 1.807) is 0 Å². The molecule has 1 aliphatic carbocycles. The van der Waals surface area contributed by atoms with Crippen LogP contribution in [0.5, 0.6) is 0 Å². The highest BCUT2D eigenvalue weighted by molar-refractivity contribution is 5.93. The Kier molecular flexibility index (Phi) is 3.23. The largest absolute Gasteiger partial charge is 0.466 e. The molecule has 4 atom stereocenters. The van der Waals surface area contributed by atoms with Crippen LogP contribution in [0.4, 0.5) is 5.69 Å². The maximum Gasteiger partial charge on any atom is 0.335 e. The highest BCUT2D eigenvalue weighted by Gasteiger charge is 2.71. The molecule has 3 aliphatic heterocycles. The van der Waals surface area contributed by atoms with Crippen molar-refractivity contribution in [2.24, 2.45) is 5.41 Å². The Labute approximate surface area is 155 Å². The number of anilines is 1. The summed E-state index contributed by atoms with van der Waals surface area (Å²) in [5.74, 6) is -0.141. The topological polar surface area (TPSA) is 38.3 Å². The molecule has 1 N–H and O–H groups in total. The lowest BCUT2D eigenvalue weighted by Crippen LogP contribution is -2.66. The molecule has 1 aromatic carbocycles. The van der Waals surface area contributed by atoms with Gasteiger partial charge in [0.25, 0.3) is 0 Å². The van der Waals surface area contributed by atoms with Crippen molar-refractivity contribution in [3.05, 3.63) is 41.1 Å². The number of benzene rings is 1. The van der Waals surface area contributed by atoms with Gasteiger partial charge in [-0.2, -0.15) is 0 Å². The average Bonchev–Trinajstić information content (AvgIpc) is 3.17. The van der Waals surface area contributed by atoms with Gasteiger partial charge < -0.3 is 14.5 Å². The van der Waals surface area contributed by atoms with Crippen molar-refractivity contribution in [3.8, 4) is 0 Å². The number of carbonyl (C=O) groups is 1. The molecule has 26 heavy (non-hydrogen) atoms. The van der Waals surface area contributed by atoms with E-state index in [1.807, 2.05) is 0 Å². The summed E-state index contributed by atoms with van der Waals surface area (Å²) in [4.78, 5) is 12.8. The molecule has 4 heteroatoms. The van der Waals surface area contributed by atoms with E-state index in [2.05, 4.69) is 43.6 Å². The van der Waals surface area contributed by atoms with E-state index in [9.17, 15) is 4.79 Å². The van der Waals surface area contributed by atoms with Crippen molar-refractivity contribution >= 4 is 11.7 Å². The third kappa shape index (κ3) is 1.72. The quantitative estimate of drug-likeness (QED) is 0.652. The van der Waals surface area contributed by atoms with Crippen LogP contribution in [0.25, 0.3) is 0 Å². The van der Waals surface area contributed by atoms with Gasteiger partial charge in [-0.15, -0.1) is 0 Å². The van der Waals surface area contributed by atoms with E-state index in [1.165, 1.54) is 44.3 Å². The van der Waals surface area contributed by atoms with Gasteiger partial charge in [-0.25, -0.2) is 4.79 Å². The Morgan fingerprint density at radius 1 is 1.31 bits per heavy atom. The molecule has 2 saturated heterocycles. The number of carbonyl (C=O) groups excluding carboxylic acids is 1. The molecule has 0 bridgehead atoms. The molecule has 138 valence electrons. The predicted octanol–water partition coefficient (Wildman–Crippen LogP) is 3.59. The zero-order valence-corrected chi connectivity index (χ0v) is 16.1. The van der Waals surface area contributed by atoms with Crippen LogP contribution in [-0.2, 0) is 14.9 Å². The van der Waals surface area contributed by atoms with Crippen molar-refractivity contribution in [3.63, 3.8) is 0 Å².